The minimum atomic E-state index is -0.420. The van der Waals surface area contributed by atoms with Crippen LogP contribution in [0.15, 0.2) is 60.8 Å². The first-order valence-electron chi connectivity index (χ1n) is 9.62. The molecule has 0 aliphatic rings. The van der Waals surface area contributed by atoms with Crippen molar-refractivity contribution in [3.63, 3.8) is 0 Å². The lowest BCUT2D eigenvalue weighted by Crippen LogP contribution is -2.17. The molecule has 0 aliphatic heterocycles. The van der Waals surface area contributed by atoms with Crippen molar-refractivity contribution >= 4 is 28.5 Å². The van der Waals surface area contributed by atoms with Crippen LogP contribution in [0.4, 0.5) is 5.69 Å². The van der Waals surface area contributed by atoms with E-state index in [1.165, 1.54) is 6.92 Å². The van der Waals surface area contributed by atoms with Gasteiger partial charge in [-0.15, -0.1) is 0 Å². The van der Waals surface area contributed by atoms with Crippen molar-refractivity contribution in [2.45, 2.75) is 33.6 Å². The minimum absolute atomic E-state index is 0.255. The lowest BCUT2D eigenvalue weighted by Gasteiger charge is -2.16. The van der Waals surface area contributed by atoms with Gasteiger partial charge in [0.15, 0.2) is 0 Å². The number of pyridine rings is 1. The van der Waals surface area contributed by atoms with E-state index in [1.807, 2.05) is 42.5 Å². The molecule has 2 aromatic carbocycles. The normalized spacial score (nSPS) is 11.0. The van der Waals surface area contributed by atoms with E-state index < -0.39 is 5.97 Å². The van der Waals surface area contributed by atoms with Crippen LogP contribution in [-0.4, -0.2) is 16.9 Å². The number of benzene rings is 2. The molecule has 1 amide bonds. The molecule has 1 heterocycles. The van der Waals surface area contributed by atoms with Crippen molar-refractivity contribution in [1.82, 2.24) is 4.98 Å². The van der Waals surface area contributed by atoms with Crippen molar-refractivity contribution in [3.05, 3.63) is 77.5 Å². The number of esters is 1. The molecule has 1 N–H and O–H groups in total. The largest absolute Gasteiger partial charge is 0.426 e. The molecule has 0 atom stereocenters. The number of hydrogen-bond donors (Lipinski definition) is 1. The average Bonchev–Trinajstić information content (AvgIpc) is 2.70. The van der Waals surface area contributed by atoms with Gasteiger partial charge >= 0.3 is 5.97 Å². The summed E-state index contributed by atoms with van der Waals surface area (Å²) in [6.07, 6.45) is 7.34. The number of aromatic nitrogens is 1. The Kier molecular flexibility index (Phi) is 6.39. The van der Waals surface area contributed by atoms with Gasteiger partial charge in [-0.25, -0.2) is 0 Å². The quantitative estimate of drug-likeness (QED) is 0.357. The van der Waals surface area contributed by atoms with E-state index >= 15 is 0 Å². The zero-order valence-corrected chi connectivity index (χ0v) is 16.9. The molecule has 5 nitrogen and oxygen atoms in total. The Labute approximate surface area is 170 Å². The lowest BCUT2D eigenvalue weighted by molar-refractivity contribution is -0.131. The first-order valence-corrected chi connectivity index (χ1v) is 9.62. The number of fused-ring (bicyclic) bond motifs is 1. The number of nitrogens with zero attached hydrogens (tertiary/aromatic N) is 1. The van der Waals surface area contributed by atoms with Crippen LogP contribution in [0.2, 0.25) is 0 Å². The van der Waals surface area contributed by atoms with Gasteiger partial charge in [0.05, 0.1) is 11.2 Å². The summed E-state index contributed by atoms with van der Waals surface area (Å²) in [5, 5.41) is 3.93. The van der Waals surface area contributed by atoms with Gasteiger partial charge in [0.25, 0.3) is 5.91 Å². The molecule has 0 saturated heterocycles. The zero-order valence-electron chi connectivity index (χ0n) is 16.9. The van der Waals surface area contributed by atoms with E-state index in [4.69, 9.17) is 4.74 Å². The highest BCUT2D eigenvalue weighted by atomic mass is 16.5. The second kappa shape index (κ2) is 9.15. The van der Waals surface area contributed by atoms with Gasteiger partial charge in [0, 0.05) is 29.6 Å². The van der Waals surface area contributed by atoms with Crippen LogP contribution in [0.5, 0.6) is 5.75 Å². The Morgan fingerprint density at radius 2 is 1.90 bits per heavy atom. The van der Waals surface area contributed by atoms with Crippen LogP contribution in [0.1, 0.15) is 41.8 Å². The fourth-order valence-corrected chi connectivity index (χ4v) is 3.27. The summed E-state index contributed by atoms with van der Waals surface area (Å²) < 4.78 is 5.29. The van der Waals surface area contributed by atoms with Gasteiger partial charge in [-0.2, -0.15) is 0 Å². The van der Waals surface area contributed by atoms with E-state index in [-0.39, 0.29) is 5.91 Å². The number of para-hydroxylation sites is 1. The molecule has 0 radical (unpaired) electrons. The van der Waals surface area contributed by atoms with E-state index in [2.05, 4.69) is 23.3 Å². The van der Waals surface area contributed by atoms with Crippen molar-refractivity contribution in [1.29, 1.82) is 0 Å². The van der Waals surface area contributed by atoms with Gasteiger partial charge in [0.1, 0.15) is 5.75 Å². The average molecular weight is 388 g/mol. The van der Waals surface area contributed by atoms with Gasteiger partial charge < -0.3 is 10.1 Å². The van der Waals surface area contributed by atoms with Gasteiger partial charge in [0.2, 0.25) is 0 Å². The second-order valence-electron chi connectivity index (χ2n) is 6.74. The topological polar surface area (TPSA) is 68.3 Å². The molecule has 0 saturated carbocycles. The molecule has 0 spiro atoms. The predicted molar refractivity (Wildman–Crippen MR) is 115 cm³/mol. The summed E-state index contributed by atoms with van der Waals surface area (Å²) in [6, 6.07) is 13.0. The summed E-state index contributed by atoms with van der Waals surface area (Å²) in [4.78, 5) is 29.1. The molecule has 0 aliphatic carbocycles. The number of nitrogens with one attached hydrogen (secondary N) is 1. The summed E-state index contributed by atoms with van der Waals surface area (Å²) in [5.74, 6) is -0.284. The predicted octanol–water partition coefficient (Wildman–Crippen LogP) is 5.23. The fourth-order valence-electron chi connectivity index (χ4n) is 3.27. The number of hydrogen-bond acceptors (Lipinski definition) is 4. The monoisotopic (exact) mass is 388 g/mol. The van der Waals surface area contributed by atoms with Crippen LogP contribution in [0.25, 0.3) is 10.9 Å². The van der Waals surface area contributed by atoms with Crippen LogP contribution in [0, 0.1) is 6.92 Å². The van der Waals surface area contributed by atoms with E-state index in [0.29, 0.717) is 29.0 Å². The van der Waals surface area contributed by atoms with Crippen molar-refractivity contribution in [3.8, 4) is 5.75 Å². The van der Waals surface area contributed by atoms with Crippen LogP contribution < -0.4 is 10.1 Å². The van der Waals surface area contributed by atoms with Crippen LogP contribution in [0.3, 0.4) is 0 Å². The first kappa shape index (κ1) is 20.3. The maximum atomic E-state index is 13.3. The minimum Gasteiger partial charge on any atom is -0.426 e. The number of allylic oxidation sites excluding steroid dienone is 2. The third kappa shape index (κ3) is 4.69. The molecular weight excluding hydrogens is 364 g/mol. The molecular formula is C24H24N2O3. The standard InChI is InChI=1S/C24H24N2O3/c1-4-5-6-9-18-13-14-21(29-17(3)27)16(2)22(18)24(28)26-20-12-7-10-19-11-8-15-25-23(19)20/h5-8,10-15H,4,9H2,1-3H3,(H,26,28)/b6-5+. The molecule has 0 fully saturated rings. The smallest absolute Gasteiger partial charge is 0.308 e. The summed E-state index contributed by atoms with van der Waals surface area (Å²) in [7, 11) is 0. The Hall–Kier alpha value is -3.47. The van der Waals surface area contributed by atoms with Gasteiger partial charge in [-0.05, 0) is 43.5 Å². The maximum Gasteiger partial charge on any atom is 0.308 e. The van der Waals surface area contributed by atoms with Crippen LogP contribution >= 0.6 is 0 Å². The maximum absolute atomic E-state index is 13.3. The summed E-state index contributed by atoms with van der Waals surface area (Å²) in [6.45, 7) is 5.20. The third-order valence-corrected chi connectivity index (χ3v) is 4.60. The van der Waals surface area contributed by atoms with E-state index in [1.54, 1.807) is 19.2 Å². The highest BCUT2D eigenvalue weighted by Crippen LogP contribution is 2.28. The van der Waals surface area contributed by atoms with Crippen LogP contribution in [-0.2, 0) is 11.2 Å². The molecule has 0 unspecified atom stereocenters. The number of carbonyl (C=O) groups is 2. The zero-order chi connectivity index (χ0) is 20.8. The molecule has 5 heteroatoms. The van der Waals surface area contributed by atoms with Crippen molar-refractivity contribution in [2.75, 3.05) is 5.32 Å². The number of ether oxygens (including phenoxy) is 1. The van der Waals surface area contributed by atoms with Crippen molar-refractivity contribution < 1.29 is 14.3 Å². The Bertz CT molecular complexity index is 1080. The summed E-state index contributed by atoms with van der Waals surface area (Å²) >= 11 is 0. The lowest BCUT2D eigenvalue weighted by atomic mass is 9.97. The van der Waals surface area contributed by atoms with Gasteiger partial charge in [-0.1, -0.05) is 43.3 Å². The van der Waals surface area contributed by atoms with Crippen molar-refractivity contribution in [2.24, 2.45) is 0 Å². The van der Waals surface area contributed by atoms with Gasteiger partial charge in [-0.3, -0.25) is 14.6 Å². The van der Waals surface area contributed by atoms with E-state index in [9.17, 15) is 9.59 Å². The SMILES string of the molecule is CC/C=C/Cc1ccc(OC(C)=O)c(C)c1C(=O)Nc1cccc2cccnc12. The number of carbonyl (C=O) groups excluding carboxylic acids is 2. The molecule has 3 rings (SSSR count). The number of amides is 1. The molecule has 3 aromatic rings. The molecule has 148 valence electrons. The first-order chi connectivity index (χ1) is 14.0. The Balaban J connectivity index is 2.02. The Morgan fingerprint density at radius 1 is 1.10 bits per heavy atom. The second-order valence-corrected chi connectivity index (χ2v) is 6.74. The fraction of sp³-hybridized carbons (Fsp3) is 0.208. The molecule has 1 aromatic heterocycles. The highest BCUT2D eigenvalue weighted by molar-refractivity contribution is 6.10. The number of rotatable bonds is 6. The summed E-state index contributed by atoms with van der Waals surface area (Å²) in [5.41, 5.74) is 3.38. The highest BCUT2D eigenvalue weighted by Gasteiger charge is 2.19. The Morgan fingerprint density at radius 3 is 2.66 bits per heavy atom. The third-order valence-electron chi connectivity index (χ3n) is 4.60. The molecule has 0 bridgehead atoms. The van der Waals surface area contributed by atoms with E-state index in [0.717, 1.165) is 22.9 Å². The number of anilines is 1. The molecule has 29 heavy (non-hydrogen) atoms.